The second-order valence-corrected chi connectivity index (χ2v) is 12.1. The smallest absolute Gasteiger partial charge is 0.243 e. The van der Waals surface area contributed by atoms with Gasteiger partial charge in [0.2, 0.25) is 26.0 Å². The van der Waals surface area contributed by atoms with Crippen molar-refractivity contribution in [1.29, 1.82) is 0 Å². The zero-order valence-electron chi connectivity index (χ0n) is 19.4. The van der Waals surface area contributed by atoms with Crippen molar-refractivity contribution in [2.24, 2.45) is 5.92 Å². The molecule has 0 aromatic heterocycles. The molecule has 35 heavy (non-hydrogen) atoms. The summed E-state index contributed by atoms with van der Waals surface area (Å²) >= 11 is 0. The van der Waals surface area contributed by atoms with Crippen LogP contribution in [0.3, 0.4) is 0 Å². The Balaban J connectivity index is 1.61. The number of amides is 1. The summed E-state index contributed by atoms with van der Waals surface area (Å²) < 4.78 is 52.9. The van der Waals surface area contributed by atoms with Crippen molar-refractivity contribution in [2.75, 3.05) is 32.8 Å². The van der Waals surface area contributed by atoms with E-state index in [1.807, 2.05) is 30.3 Å². The van der Waals surface area contributed by atoms with Gasteiger partial charge in [0.1, 0.15) is 0 Å². The first-order valence-corrected chi connectivity index (χ1v) is 14.3. The van der Waals surface area contributed by atoms with Crippen LogP contribution in [0.5, 0.6) is 0 Å². The van der Waals surface area contributed by atoms with Gasteiger partial charge >= 0.3 is 0 Å². The van der Waals surface area contributed by atoms with Gasteiger partial charge in [-0.15, -0.1) is 0 Å². The molecule has 1 atom stereocenters. The minimum atomic E-state index is -3.73. The van der Waals surface area contributed by atoms with Crippen LogP contribution in [0.1, 0.15) is 17.5 Å². The molecule has 0 unspecified atom stereocenters. The molecule has 11 heteroatoms. The van der Waals surface area contributed by atoms with Gasteiger partial charge < -0.3 is 10.0 Å². The zero-order chi connectivity index (χ0) is 25.5. The minimum Gasteiger partial charge on any atom is -0.395 e. The molecule has 0 radical (unpaired) electrons. The molecule has 1 aliphatic heterocycles. The van der Waals surface area contributed by atoms with Crippen molar-refractivity contribution in [2.45, 2.75) is 24.3 Å². The molecule has 1 fully saturated rings. The van der Waals surface area contributed by atoms with Crippen LogP contribution in [-0.2, 0) is 37.8 Å². The first-order chi connectivity index (χ1) is 16.6. The Morgan fingerprint density at radius 1 is 1.09 bits per heavy atom. The van der Waals surface area contributed by atoms with Crippen LogP contribution < -0.4 is 4.72 Å². The predicted molar refractivity (Wildman–Crippen MR) is 133 cm³/mol. The van der Waals surface area contributed by atoms with E-state index in [1.54, 1.807) is 17.0 Å². The summed E-state index contributed by atoms with van der Waals surface area (Å²) in [7, 11) is -7.29. The topological polar surface area (TPSA) is 124 Å². The van der Waals surface area contributed by atoms with E-state index in [0.29, 0.717) is 25.1 Å². The van der Waals surface area contributed by atoms with E-state index < -0.39 is 20.0 Å². The zero-order valence-corrected chi connectivity index (χ0v) is 21.0. The highest BCUT2D eigenvalue weighted by atomic mass is 32.2. The van der Waals surface area contributed by atoms with Crippen molar-refractivity contribution in [3.63, 3.8) is 0 Å². The Morgan fingerprint density at radius 2 is 1.77 bits per heavy atom. The van der Waals surface area contributed by atoms with E-state index in [2.05, 4.69) is 11.3 Å². The van der Waals surface area contributed by atoms with E-state index >= 15 is 0 Å². The maximum Gasteiger partial charge on any atom is 0.243 e. The van der Waals surface area contributed by atoms with Crippen LogP contribution in [0.2, 0.25) is 0 Å². The lowest BCUT2D eigenvalue weighted by atomic mass is 10.1. The molecule has 190 valence electrons. The molecular formula is C24H31N3O6S2. The number of nitrogens with one attached hydrogen (secondary N) is 1. The highest BCUT2D eigenvalue weighted by molar-refractivity contribution is 7.92. The van der Waals surface area contributed by atoms with Crippen LogP contribution in [0.15, 0.2) is 71.5 Å². The summed E-state index contributed by atoms with van der Waals surface area (Å²) in [6.07, 6.45) is 0.635. The molecule has 0 bridgehead atoms. The summed E-state index contributed by atoms with van der Waals surface area (Å²) in [6.45, 7) is 4.35. The fraction of sp³-hybridized carbons (Fsp3) is 0.375. The lowest BCUT2D eigenvalue weighted by Crippen LogP contribution is -2.34. The number of benzene rings is 2. The van der Waals surface area contributed by atoms with Crippen LogP contribution in [0.4, 0.5) is 0 Å². The second kappa shape index (κ2) is 11.9. The number of aliphatic hydroxyl groups is 1. The summed E-state index contributed by atoms with van der Waals surface area (Å²) in [5.41, 5.74) is 1.63. The first kappa shape index (κ1) is 27.0. The van der Waals surface area contributed by atoms with Gasteiger partial charge in [0.15, 0.2) is 0 Å². The minimum absolute atomic E-state index is 0.0857. The summed E-state index contributed by atoms with van der Waals surface area (Å²) in [6, 6.07) is 15.7. The highest BCUT2D eigenvalue weighted by Gasteiger charge is 2.32. The van der Waals surface area contributed by atoms with Gasteiger partial charge in [0.05, 0.1) is 17.9 Å². The van der Waals surface area contributed by atoms with Crippen LogP contribution in [0, 0.1) is 5.92 Å². The van der Waals surface area contributed by atoms with E-state index in [4.69, 9.17) is 0 Å². The monoisotopic (exact) mass is 521 g/mol. The molecule has 0 spiro atoms. The Bertz CT molecular complexity index is 1220. The fourth-order valence-electron chi connectivity index (χ4n) is 3.91. The molecule has 3 rings (SSSR count). The van der Waals surface area contributed by atoms with Gasteiger partial charge in [0.25, 0.3) is 0 Å². The molecule has 1 aliphatic rings. The van der Waals surface area contributed by atoms with Gasteiger partial charge in [-0.05, 0) is 35.6 Å². The third kappa shape index (κ3) is 7.45. The van der Waals surface area contributed by atoms with Gasteiger partial charge in [0, 0.05) is 38.1 Å². The molecule has 2 aromatic carbocycles. The summed E-state index contributed by atoms with van der Waals surface area (Å²) in [4.78, 5) is 14.5. The van der Waals surface area contributed by atoms with Crippen LogP contribution >= 0.6 is 0 Å². The van der Waals surface area contributed by atoms with Crippen molar-refractivity contribution >= 4 is 26.0 Å². The molecular weight excluding hydrogens is 490 g/mol. The SMILES string of the molecule is C=CS(=O)(=O)NC[C@H]1CCN(S(=O)(=O)c2ccc(CC(=O)N(CCO)Cc3ccccc3)cc2)C1. The third-order valence-corrected chi connectivity index (χ3v) is 8.78. The predicted octanol–water partition coefficient (Wildman–Crippen LogP) is 1.32. The van der Waals surface area contributed by atoms with Crippen molar-refractivity contribution < 1.29 is 26.7 Å². The van der Waals surface area contributed by atoms with E-state index in [9.17, 15) is 26.7 Å². The maximum absolute atomic E-state index is 13.0. The molecule has 9 nitrogen and oxygen atoms in total. The number of rotatable bonds is 12. The van der Waals surface area contributed by atoms with Crippen LogP contribution in [-0.4, -0.2) is 69.8 Å². The third-order valence-electron chi connectivity index (χ3n) is 5.90. The number of carbonyl (C=O) groups excluding carboxylic acids is 1. The average molecular weight is 522 g/mol. The van der Waals surface area contributed by atoms with Crippen molar-refractivity contribution in [1.82, 2.24) is 13.9 Å². The largest absolute Gasteiger partial charge is 0.395 e. The van der Waals surface area contributed by atoms with Crippen LogP contribution in [0.25, 0.3) is 0 Å². The summed E-state index contributed by atoms with van der Waals surface area (Å²) in [5, 5.41) is 10.2. The first-order valence-electron chi connectivity index (χ1n) is 11.3. The Labute approximate surface area is 207 Å². The van der Waals surface area contributed by atoms with Gasteiger partial charge in [-0.25, -0.2) is 21.6 Å². The summed E-state index contributed by atoms with van der Waals surface area (Å²) in [5.74, 6) is -0.290. The molecule has 1 saturated heterocycles. The van der Waals surface area contributed by atoms with Crippen molar-refractivity contribution in [3.05, 3.63) is 77.7 Å². The van der Waals surface area contributed by atoms with Crippen molar-refractivity contribution in [3.8, 4) is 0 Å². The van der Waals surface area contributed by atoms with Gasteiger partial charge in [-0.3, -0.25) is 4.79 Å². The highest BCUT2D eigenvalue weighted by Crippen LogP contribution is 2.24. The number of sulfonamides is 2. The quantitative estimate of drug-likeness (QED) is 0.434. The van der Waals surface area contributed by atoms with Gasteiger partial charge in [-0.1, -0.05) is 49.0 Å². The lowest BCUT2D eigenvalue weighted by Gasteiger charge is -2.22. The normalized spacial score (nSPS) is 16.8. The Morgan fingerprint density at radius 3 is 2.40 bits per heavy atom. The maximum atomic E-state index is 13.0. The average Bonchev–Trinajstić information content (AvgIpc) is 3.34. The molecule has 0 aliphatic carbocycles. The van der Waals surface area contributed by atoms with Gasteiger partial charge in [-0.2, -0.15) is 4.31 Å². The number of aliphatic hydroxyl groups excluding tert-OH is 1. The standard InChI is InChI=1S/C24H31N3O6S2/c1-2-34(30,31)25-17-22-12-13-27(19-22)35(32,33)23-10-8-20(9-11-23)16-24(29)26(14-15-28)18-21-6-4-3-5-7-21/h2-11,22,25,28H,1,12-19H2/t22-/m1/s1. The van der Waals surface area contributed by atoms with E-state index in [-0.39, 0.29) is 49.4 Å². The number of nitrogens with zero attached hydrogens (tertiary/aromatic N) is 2. The molecule has 1 amide bonds. The fourth-order valence-corrected chi connectivity index (χ4v) is 6.02. The number of hydrogen-bond acceptors (Lipinski definition) is 6. The van der Waals surface area contributed by atoms with E-state index in [0.717, 1.165) is 11.0 Å². The molecule has 2 aromatic rings. The lowest BCUT2D eigenvalue weighted by molar-refractivity contribution is -0.131. The number of hydrogen-bond donors (Lipinski definition) is 2. The van der Waals surface area contributed by atoms with E-state index in [1.165, 1.54) is 16.4 Å². The Kier molecular flexibility index (Phi) is 9.20. The number of carbonyl (C=O) groups is 1. The molecule has 0 saturated carbocycles. The molecule has 2 N–H and O–H groups in total. The molecule has 1 heterocycles. The Hall–Kier alpha value is -2.57. The second-order valence-electron chi connectivity index (χ2n) is 8.42.